The van der Waals surface area contributed by atoms with Gasteiger partial charge in [-0.15, -0.1) is 0 Å². The number of carbonyl (C=O) groups is 1. The van der Waals surface area contributed by atoms with Crippen LogP contribution in [0.25, 0.3) is 5.82 Å². The Labute approximate surface area is 188 Å². The first kappa shape index (κ1) is 21.9. The zero-order chi connectivity index (χ0) is 23.5. The van der Waals surface area contributed by atoms with Crippen LogP contribution in [0.1, 0.15) is 17.0 Å². The molecular weight excluding hydrogens is 430 g/mol. The Balaban J connectivity index is 1.43. The molecular formula is C23H20F2N6O2. The fraction of sp³-hybridized carbons (Fsp3) is 0.130. The number of amides is 2. The molecule has 0 aliphatic carbocycles. The summed E-state index contributed by atoms with van der Waals surface area (Å²) in [6.07, 6.45) is 1.39. The van der Waals surface area contributed by atoms with Crippen molar-refractivity contribution in [3.05, 3.63) is 83.4 Å². The Bertz CT molecular complexity index is 1300. The minimum atomic E-state index is -0.867. The molecule has 0 radical (unpaired) electrons. The van der Waals surface area contributed by atoms with Gasteiger partial charge in [-0.3, -0.25) is 0 Å². The van der Waals surface area contributed by atoms with Crippen LogP contribution in [-0.4, -0.2) is 25.8 Å². The summed E-state index contributed by atoms with van der Waals surface area (Å²) in [5.41, 5.74) is 2.85. The van der Waals surface area contributed by atoms with Crippen LogP contribution in [0.5, 0.6) is 11.6 Å². The maximum atomic E-state index is 13.7. The van der Waals surface area contributed by atoms with Gasteiger partial charge < -0.3 is 15.4 Å². The molecule has 4 rings (SSSR count). The highest BCUT2D eigenvalue weighted by molar-refractivity contribution is 5.99. The van der Waals surface area contributed by atoms with Gasteiger partial charge in [-0.2, -0.15) is 5.10 Å². The number of para-hydroxylation sites is 1. The van der Waals surface area contributed by atoms with Crippen LogP contribution in [0.2, 0.25) is 0 Å². The maximum Gasteiger partial charge on any atom is 0.323 e. The highest BCUT2D eigenvalue weighted by Gasteiger charge is 2.13. The molecule has 0 aliphatic rings. The summed E-state index contributed by atoms with van der Waals surface area (Å²) in [4.78, 5) is 20.5. The van der Waals surface area contributed by atoms with Crippen molar-refractivity contribution in [3.63, 3.8) is 0 Å². The van der Waals surface area contributed by atoms with Gasteiger partial charge in [0, 0.05) is 17.4 Å². The molecule has 10 heteroatoms. The molecule has 0 unspecified atom stereocenters. The van der Waals surface area contributed by atoms with E-state index in [1.807, 2.05) is 20.8 Å². The molecule has 0 bridgehead atoms. The van der Waals surface area contributed by atoms with Crippen LogP contribution in [-0.2, 0) is 0 Å². The van der Waals surface area contributed by atoms with Crippen molar-refractivity contribution in [1.29, 1.82) is 0 Å². The summed E-state index contributed by atoms with van der Waals surface area (Å²) >= 11 is 0. The van der Waals surface area contributed by atoms with Crippen LogP contribution in [0.3, 0.4) is 0 Å². The SMILES string of the molecule is Cc1nn(-c2cc(Oc3ccc(NC(=O)Nc4c(F)cccc4F)cc3)ncn2)c(C)c1C. The molecule has 0 saturated heterocycles. The molecule has 4 aromatic rings. The van der Waals surface area contributed by atoms with E-state index in [9.17, 15) is 13.6 Å². The number of urea groups is 1. The van der Waals surface area contributed by atoms with E-state index in [2.05, 4.69) is 25.7 Å². The van der Waals surface area contributed by atoms with Crippen LogP contribution in [0.15, 0.2) is 54.9 Å². The second-order valence-electron chi connectivity index (χ2n) is 7.22. The summed E-state index contributed by atoms with van der Waals surface area (Å²) in [7, 11) is 0. The number of aryl methyl sites for hydroxylation is 1. The van der Waals surface area contributed by atoms with Crippen molar-refractivity contribution >= 4 is 17.4 Å². The largest absolute Gasteiger partial charge is 0.439 e. The number of nitrogens with one attached hydrogen (secondary N) is 2. The van der Waals surface area contributed by atoms with Gasteiger partial charge in [0.05, 0.1) is 5.69 Å². The highest BCUT2D eigenvalue weighted by atomic mass is 19.1. The number of carbonyl (C=O) groups excluding carboxylic acids is 1. The van der Waals surface area contributed by atoms with Crippen LogP contribution >= 0.6 is 0 Å². The summed E-state index contributed by atoms with van der Waals surface area (Å²) in [5, 5.41) is 9.15. The summed E-state index contributed by atoms with van der Waals surface area (Å²) in [6, 6.07) is 10.6. The fourth-order valence-corrected chi connectivity index (χ4v) is 3.07. The number of halogens is 2. The molecule has 0 saturated carbocycles. The minimum absolute atomic E-state index is 0.318. The Kier molecular flexibility index (Phi) is 5.99. The zero-order valence-corrected chi connectivity index (χ0v) is 18.1. The lowest BCUT2D eigenvalue weighted by Gasteiger charge is -2.10. The van der Waals surface area contributed by atoms with E-state index in [-0.39, 0.29) is 0 Å². The van der Waals surface area contributed by atoms with Crippen LogP contribution in [0, 0.1) is 32.4 Å². The van der Waals surface area contributed by atoms with Crippen molar-refractivity contribution < 1.29 is 18.3 Å². The first-order valence-corrected chi connectivity index (χ1v) is 9.97. The van der Waals surface area contributed by atoms with E-state index in [0.29, 0.717) is 23.1 Å². The number of hydrogen-bond donors (Lipinski definition) is 2. The van der Waals surface area contributed by atoms with Crippen LogP contribution < -0.4 is 15.4 Å². The standard InChI is InChI=1S/C23H20F2N6O2/c1-13-14(2)30-31(15(13)3)20-11-21(27-12-26-20)33-17-9-7-16(8-10-17)28-23(32)29-22-18(24)5-4-6-19(22)25/h4-12H,1-3H3,(H2,28,29,32). The zero-order valence-electron chi connectivity index (χ0n) is 18.1. The topological polar surface area (TPSA) is 94.0 Å². The predicted octanol–water partition coefficient (Wildman–Crippen LogP) is 5.30. The fourth-order valence-electron chi connectivity index (χ4n) is 3.07. The number of rotatable bonds is 5. The molecule has 2 aromatic heterocycles. The van der Waals surface area contributed by atoms with Gasteiger partial charge in [0.1, 0.15) is 29.4 Å². The first-order valence-electron chi connectivity index (χ1n) is 9.97. The normalized spacial score (nSPS) is 10.7. The average molecular weight is 450 g/mol. The molecule has 2 amide bonds. The molecule has 33 heavy (non-hydrogen) atoms. The smallest absolute Gasteiger partial charge is 0.323 e. The third-order valence-corrected chi connectivity index (χ3v) is 5.03. The highest BCUT2D eigenvalue weighted by Crippen LogP contribution is 2.24. The van der Waals surface area contributed by atoms with Crippen molar-refractivity contribution in [2.75, 3.05) is 10.6 Å². The second kappa shape index (κ2) is 9.03. The minimum Gasteiger partial charge on any atom is -0.439 e. The van der Waals surface area contributed by atoms with E-state index < -0.39 is 23.4 Å². The third kappa shape index (κ3) is 4.79. The lowest BCUT2D eigenvalue weighted by Crippen LogP contribution is -2.20. The summed E-state index contributed by atoms with van der Waals surface area (Å²) in [5.74, 6) is -0.375. The summed E-state index contributed by atoms with van der Waals surface area (Å²) < 4.78 is 34.9. The Hall–Kier alpha value is -4.34. The monoisotopic (exact) mass is 450 g/mol. The van der Waals surface area contributed by atoms with Gasteiger partial charge in [0.2, 0.25) is 5.88 Å². The third-order valence-electron chi connectivity index (χ3n) is 5.03. The lowest BCUT2D eigenvalue weighted by molar-refractivity contribution is 0.262. The molecule has 0 spiro atoms. The number of anilines is 2. The van der Waals surface area contributed by atoms with E-state index in [0.717, 1.165) is 29.1 Å². The number of nitrogens with zero attached hydrogens (tertiary/aromatic N) is 4. The Morgan fingerprint density at radius 3 is 2.30 bits per heavy atom. The second-order valence-corrected chi connectivity index (χ2v) is 7.22. The van der Waals surface area contributed by atoms with Gasteiger partial charge in [0.15, 0.2) is 5.82 Å². The van der Waals surface area contributed by atoms with Gasteiger partial charge in [-0.1, -0.05) is 6.07 Å². The van der Waals surface area contributed by atoms with Crippen molar-refractivity contribution in [1.82, 2.24) is 19.7 Å². The molecule has 0 fully saturated rings. The molecule has 2 aromatic carbocycles. The number of ether oxygens (including phenoxy) is 1. The first-order chi connectivity index (χ1) is 15.8. The Morgan fingerprint density at radius 1 is 0.970 bits per heavy atom. The van der Waals surface area contributed by atoms with E-state index in [4.69, 9.17) is 4.74 Å². The van der Waals surface area contributed by atoms with Crippen molar-refractivity contribution in [3.8, 4) is 17.4 Å². The molecule has 0 aliphatic heterocycles. The van der Waals surface area contributed by atoms with Gasteiger partial charge in [0.25, 0.3) is 0 Å². The maximum absolute atomic E-state index is 13.7. The summed E-state index contributed by atoms with van der Waals surface area (Å²) in [6.45, 7) is 5.88. The van der Waals surface area contributed by atoms with E-state index >= 15 is 0 Å². The molecule has 8 nitrogen and oxygen atoms in total. The van der Waals surface area contributed by atoms with Gasteiger partial charge in [-0.25, -0.2) is 28.2 Å². The Morgan fingerprint density at radius 2 is 1.67 bits per heavy atom. The number of hydrogen-bond acceptors (Lipinski definition) is 5. The van der Waals surface area contributed by atoms with E-state index in [1.54, 1.807) is 35.0 Å². The van der Waals surface area contributed by atoms with Gasteiger partial charge >= 0.3 is 6.03 Å². The lowest BCUT2D eigenvalue weighted by atomic mass is 10.2. The van der Waals surface area contributed by atoms with E-state index in [1.165, 1.54) is 12.4 Å². The quantitative estimate of drug-likeness (QED) is 0.430. The van der Waals surface area contributed by atoms with Crippen molar-refractivity contribution in [2.24, 2.45) is 0 Å². The molecule has 168 valence electrons. The molecule has 2 N–H and O–H groups in total. The number of benzene rings is 2. The average Bonchev–Trinajstić information content (AvgIpc) is 3.05. The van der Waals surface area contributed by atoms with Crippen LogP contribution in [0.4, 0.5) is 25.0 Å². The molecule has 2 heterocycles. The van der Waals surface area contributed by atoms with Crippen molar-refractivity contribution in [2.45, 2.75) is 20.8 Å². The number of aromatic nitrogens is 4. The predicted molar refractivity (Wildman–Crippen MR) is 119 cm³/mol. The molecule has 0 atom stereocenters. The van der Waals surface area contributed by atoms with Gasteiger partial charge in [-0.05, 0) is 62.7 Å².